The molecule has 0 fully saturated rings. The van der Waals surface area contributed by atoms with E-state index in [0.29, 0.717) is 16.5 Å². The van der Waals surface area contributed by atoms with Crippen molar-refractivity contribution in [1.29, 1.82) is 0 Å². The van der Waals surface area contributed by atoms with Crippen LogP contribution < -0.4 is 10.9 Å². The Labute approximate surface area is 151 Å². The molecule has 1 heterocycles. The third-order valence-electron chi connectivity index (χ3n) is 4.05. The van der Waals surface area contributed by atoms with Gasteiger partial charge in [-0.3, -0.25) is 19.2 Å². The van der Waals surface area contributed by atoms with E-state index in [1.54, 1.807) is 45.0 Å². The van der Waals surface area contributed by atoms with Gasteiger partial charge in [-0.1, -0.05) is 25.1 Å². The lowest BCUT2D eigenvalue weighted by Crippen LogP contribution is -2.32. The second-order valence-corrected chi connectivity index (χ2v) is 5.85. The second-order valence-electron chi connectivity index (χ2n) is 5.85. The first-order chi connectivity index (χ1) is 12.3. The molecule has 1 aromatic heterocycles. The number of aromatic nitrogens is 1. The number of amides is 1. The molecule has 1 amide bonds. The van der Waals surface area contributed by atoms with Crippen molar-refractivity contribution in [3.05, 3.63) is 40.2 Å². The summed E-state index contributed by atoms with van der Waals surface area (Å²) in [7, 11) is 0. The highest BCUT2D eigenvalue weighted by atomic mass is 16.5. The summed E-state index contributed by atoms with van der Waals surface area (Å²) < 4.78 is 6.12. The molecule has 1 atom stereocenters. The quantitative estimate of drug-likeness (QED) is 0.829. The van der Waals surface area contributed by atoms with Gasteiger partial charge in [0.15, 0.2) is 0 Å². The van der Waals surface area contributed by atoms with E-state index in [0.717, 1.165) is 4.57 Å². The Morgan fingerprint density at radius 2 is 1.85 bits per heavy atom. The molecule has 26 heavy (non-hydrogen) atoms. The first-order valence-corrected chi connectivity index (χ1v) is 8.48. The highest BCUT2D eigenvalue weighted by Crippen LogP contribution is 2.31. The van der Waals surface area contributed by atoms with Gasteiger partial charge in [0.2, 0.25) is 11.8 Å². The fourth-order valence-corrected chi connectivity index (χ4v) is 2.90. The van der Waals surface area contributed by atoms with Gasteiger partial charge >= 0.3 is 5.97 Å². The van der Waals surface area contributed by atoms with Gasteiger partial charge in [-0.15, -0.1) is 0 Å². The number of pyridine rings is 1. The van der Waals surface area contributed by atoms with Gasteiger partial charge in [0.25, 0.3) is 5.56 Å². The maximum Gasteiger partial charge on any atom is 0.313 e. The van der Waals surface area contributed by atoms with Crippen LogP contribution in [0, 0.1) is 0 Å². The average Bonchev–Trinajstić information content (AvgIpc) is 2.61. The summed E-state index contributed by atoms with van der Waals surface area (Å²) in [6, 6.07) is 6.80. The zero-order chi connectivity index (χ0) is 19.4. The molecule has 1 N–H and O–H groups in total. The number of nitrogens with zero attached hydrogens (tertiary/aromatic N) is 1. The van der Waals surface area contributed by atoms with Gasteiger partial charge in [0.1, 0.15) is 5.69 Å². The van der Waals surface area contributed by atoms with Crippen LogP contribution in [0.4, 0.5) is 5.69 Å². The van der Waals surface area contributed by atoms with Gasteiger partial charge in [0, 0.05) is 24.3 Å². The van der Waals surface area contributed by atoms with Crippen molar-refractivity contribution in [2.24, 2.45) is 0 Å². The third-order valence-corrected chi connectivity index (χ3v) is 4.05. The molecule has 0 aliphatic heterocycles. The number of hydrogen-bond donors (Lipinski definition) is 1. The fourth-order valence-electron chi connectivity index (χ4n) is 2.90. The number of carbonyl (C=O) groups is 3. The first kappa shape index (κ1) is 19.4. The normalized spacial score (nSPS) is 11.8. The smallest absolute Gasteiger partial charge is 0.313 e. The van der Waals surface area contributed by atoms with Gasteiger partial charge in [-0.2, -0.15) is 0 Å². The summed E-state index contributed by atoms with van der Waals surface area (Å²) in [4.78, 5) is 49.3. The Morgan fingerprint density at radius 1 is 1.19 bits per heavy atom. The van der Waals surface area contributed by atoms with E-state index in [-0.39, 0.29) is 18.7 Å². The van der Waals surface area contributed by atoms with Crippen LogP contribution in [0.3, 0.4) is 0 Å². The van der Waals surface area contributed by atoms with Crippen LogP contribution in [0.15, 0.2) is 29.1 Å². The number of ether oxygens (including phenoxy) is 1. The monoisotopic (exact) mass is 358 g/mol. The maximum absolute atomic E-state index is 13.0. The van der Waals surface area contributed by atoms with E-state index >= 15 is 0 Å². The minimum absolute atomic E-state index is 0.0708. The molecule has 7 heteroatoms. The predicted molar refractivity (Wildman–Crippen MR) is 98.5 cm³/mol. The van der Waals surface area contributed by atoms with Crippen LogP contribution in [0.5, 0.6) is 0 Å². The SMILES string of the molecule is CCOC(=O)C(C)c1c(NC(C)=O)c(=O)n(C(=O)CC)c2ccccc12. The molecule has 7 nitrogen and oxygen atoms in total. The summed E-state index contributed by atoms with van der Waals surface area (Å²) in [6.07, 6.45) is 0.121. The zero-order valence-electron chi connectivity index (χ0n) is 15.3. The Hall–Kier alpha value is -2.96. The van der Waals surface area contributed by atoms with Crippen molar-refractivity contribution in [3.63, 3.8) is 0 Å². The van der Waals surface area contributed by atoms with Crippen molar-refractivity contribution >= 4 is 34.4 Å². The molecule has 0 saturated heterocycles. The summed E-state index contributed by atoms with van der Waals surface area (Å²) in [6.45, 7) is 6.41. The molecule has 0 bridgehead atoms. The highest BCUT2D eigenvalue weighted by molar-refractivity contribution is 6.01. The largest absolute Gasteiger partial charge is 0.466 e. The van der Waals surface area contributed by atoms with Crippen molar-refractivity contribution in [2.45, 2.75) is 40.0 Å². The number of benzene rings is 1. The second kappa shape index (κ2) is 7.95. The summed E-state index contributed by atoms with van der Waals surface area (Å²) >= 11 is 0. The molecule has 138 valence electrons. The Kier molecular flexibility index (Phi) is 5.92. The molecule has 0 aliphatic carbocycles. The van der Waals surface area contributed by atoms with Crippen LogP contribution in [0.1, 0.15) is 50.4 Å². The highest BCUT2D eigenvalue weighted by Gasteiger charge is 2.27. The lowest BCUT2D eigenvalue weighted by Gasteiger charge is -2.20. The fraction of sp³-hybridized carbons (Fsp3) is 0.368. The summed E-state index contributed by atoms with van der Waals surface area (Å²) in [5.74, 6) is -2.16. The topological polar surface area (TPSA) is 94.5 Å². The molecule has 1 unspecified atom stereocenters. The van der Waals surface area contributed by atoms with Crippen molar-refractivity contribution in [3.8, 4) is 0 Å². The van der Waals surface area contributed by atoms with Gasteiger partial charge < -0.3 is 10.1 Å². The van der Waals surface area contributed by atoms with Crippen LogP contribution in [0.25, 0.3) is 10.9 Å². The molecule has 0 radical (unpaired) electrons. The van der Waals surface area contributed by atoms with Gasteiger partial charge in [-0.05, 0) is 19.9 Å². The molecule has 2 aromatic rings. The predicted octanol–water partition coefficient (Wildman–Crippen LogP) is 2.68. The molecule has 1 aromatic carbocycles. The number of rotatable bonds is 5. The van der Waals surface area contributed by atoms with Crippen LogP contribution in [-0.4, -0.2) is 29.0 Å². The number of anilines is 1. The minimum Gasteiger partial charge on any atom is -0.466 e. The average molecular weight is 358 g/mol. The van der Waals surface area contributed by atoms with E-state index in [1.807, 2.05) is 0 Å². The van der Waals surface area contributed by atoms with Crippen LogP contribution >= 0.6 is 0 Å². The molecular weight excluding hydrogens is 336 g/mol. The van der Waals surface area contributed by atoms with Crippen molar-refractivity contribution < 1.29 is 19.1 Å². The van der Waals surface area contributed by atoms with E-state index in [2.05, 4.69) is 5.32 Å². The zero-order valence-corrected chi connectivity index (χ0v) is 15.3. The number of nitrogens with one attached hydrogen (secondary N) is 1. The molecule has 2 rings (SSSR count). The van der Waals surface area contributed by atoms with Crippen LogP contribution in [-0.2, 0) is 14.3 Å². The van der Waals surface area contributed by atoms with Gasteiger partial charge in [0.05, 0.1) is 18.0 Å². The number of para-hydroxylation sites is 1. The number of esters is 1. The summed E-state index contributed by atoms with van der Waals surface area (Å²) in [5.41, 5.74) is 0.0134. The van der Waals surface area contributed by atoms with Crippen LogP contribution in [0.2, 0.25) is 0 Å². The number of fused-ring (bicyclic) bond motifs is 1. The Morgan fingerprint density at radius 3 is 2.42 bits per heavy atom. The molecule has 0 spiro atoms. The molecule has 0 aliphatic rings. The maximum atomic E-state index is 13.0. The van der Waals surface area contributed by atoms with Crippen molar-refractivity contribution in [1.82, 2.24) is 4.57 Å². The Balaban J connectivity index is 2.93. The van der Waals surface area contributed by atoms with Gasteiger partial charge in [-0.25, -0.2) is 4.57 Å². The first-order valence-electron chi connectivity index (χ1n) is 8.48. The standard InChI is InChI=1S/C19H22N2O5/c1-5-15(23)21-14-10-8-7-9-13(14)16(11(3)19(25)26-6-2)17(18(21)24)20-12(4)22/h7-11H,5-6H2,1-4H3,(H,20,22). The molecule has 0 saturated carbocycles. The van der Waals surface area contributed by atoms with Crippen molar-refractivity contribution in [2.75, 3.05) is 11.9 Å². The molecular formula is C19H22N2O5. The number of carbonyl (C=O) groups excluding carboxylic acids is 3. The number of hydrogen-bond acceptors (Lipinski definition) is 5. The third kappa shape index (κ3) is 3.51. The van der Waals surface area contributed by atoms with E-state index in [1.165, 1.54) is 6.92 Å². The lowest BCUT2D eigenvalue weighted by molar-refractivity contribution is -0.144. The minimum atomic E-state index is -0.791. The van der Waals surface area contributed by atoms with E-state index < -0.39 is 29.3 Å². The summed E-state index contributed by atoms with van der Waals surface area (Å²) in [5, 5.41) is 3.04. The lowest BCUT2D eigenvalue weighted by atomic mass is 9.94. The Bertz CT molecular complexity index is 929. The van der Waals surface area contributed by atoms with E-state index in [4.69, 9.17) is 4.74 Å². The van der Waals surface area contributed by atoms with E-state index in [9.17, 15) is 19.2 Å².